The third-order valence-corrected chi connectivity index (χ3v) is 10.7. The SMILES string of the molecule is CCOC(=O)C(C)(C)c1ccc(CN(Cc2ncc[nH]2)Cc2nccn2CCCN2CCC3(CCN(C(CC)CC)CC3)C2)cc1. The van der Waals surface area contributed by atoms with Gasteiger partial charge in [-0.25, -0.2) is 9.97 Å². The molecule has 0 saturated carbocycles. The lowest BCUT2D eigenvalue weighted by molar-refractivity contribution is -0.148. The fraction of sp³-hybridized carbons (Fsp3) is 0.649. The monoisotopic (exact) mass is 631 g/mol. The average Bonchev–Trinajstić information content (AvgIpc) is 3.82. The lowest BCUT2D eigenvalue weighted by Crippen LogP contribution is -2.45. The van der Waals surface area contributed by atoms with Crippen molar-refractivity contribution in [2.24, 2.45) is 5.41 Å². The van der Waals surface area contributed by atoms with Gasteiger partial charge in [0.1, 0.15) is 11.6 Å². The summed E-state index contributed by atoms with van der Waals surface area (Å²) in [4.78, 5) is 32.9. The van der Waals surface area contributed by atoms with Gasteiger partial charge in [0.05, 0.1) is 25.1 Å². The minimum atomic E-state index is -0.687. The van der Waals surface area contributed by atoms with Gasteiger partial charge >= 0.3 is 5.97 Å². The van der Waals surface area contributed by atoms with Gasteiger partial charge in [0.15, 0.2) is 0 Å². The van der Waals surface area contributed by atoms with E-state index < -0.39 is 5.41 Å². The molecule has 0 amide bonds. The standard InChI is InChI=1S/C37H57N7O2/c1-6-32(7-2)43-23-15-37(16-24-43)14-22-41(29-37)20-9-21-44-25-19-40-34(44)28-42(27-33-38-17-18-39-33)26-30-10-12-31(13-11-30)36(4,5)35(45)46-8-3/h10-13,17-19,25,32H,6-9,14-16,20-24,26-29H2,1-5H3,(H,38,39). The highest BCUT2D eigenvalue weighted by atomic mass is 16.5. The smallest absolute Gasteiger partial charge is 0.315 e. The van der Waals surface area contributed by atoms with Crippen molar-refractivity contribution in [3.05, 3.63) is 71.8 Å². The van der Waals surface area contributed by atoms with Crippen LogP contribution < -0.4 is 0 Å². The van der Waals surface area contributed by atoms with Crippen molar-refractivity contribution in [2.75, 3.05) is 39.3 Å². The zero-order valence-electron chi connectivity index (χ0n) is 29.0. The molecule has 5 rings (SSSR count). The normalized spacial score (nSPS) is 17.5. The minimum absolute atomic E-state index is 0.198. The van der Waals surface area contributed by atoms with Gasteiger partial charge in [-0.15, -0.1) is 0 Å². The number of likely N-dealkylation sites (tertiary alicyclic amines) is 2. The zero-order valence-corrected chi connectivity index (χ0v) is 29.0. The molecule has 2 saturated heterocycles. The number of aryl methyl sites for hydroxylation is 1. The first kappa shape index (κ1) is 34.3. The number of piperidine rings is 1. The molecule has 0 aliphatic carbocycles. The molecule has 9 heteroatoms. The second kappa shape index (κ2) is 15.7. The molecule has 0 atom stereocenters. The molecule has 0 bridgehead atoms. The molecular formula is C37H57N7O2. The van der Waals surface area contributed by atoms with Gasteiger partial charge < -0.3 is 24.1 Å². The Balaban J connectivity index is 1.15. The number of carbonyl (C=O) groups excluding carboxylic acids is 1. The molecule has 1 aromatic carbocycles. The topological polar surface area (TPSA) is 82.5 Å². The van der Waals surface area contributed by atoms with Crippen LogP contribution in [-0.4, -0.2) is 85.6 Å². The van der Waals surface area contributed by atoms with E-state index in [1.165, 1.54) is 63.8 Å². The molecule has 0 unspecified atom stereocenters. The van der Waals surface area contributed by atoms with Crippen LogP contribution >= 0.6 is 0 Å². The molecule has 252 valence electrons. The van der Waals surface area contributed by atoms with E-state index in [2.05, 4.69) is 73.5 Å². The first-order valence-electron chi connectivity index (χ1n) is 17.7. The van der Waals surface area contributed by atoms with Gasteiger partial charge in [-0.3, -0.25) is 9.69 Å². The highest BCUT2D eigenvalue weighted by Crippen LogP contribution is 2.41. The van der Waals surface area contributed by atoms with E-state index >= 15 is 0 Å². The number of hydrogen-bond donors (Lipinski definition) is 1. The Morgan fingerprint density at radius 2 is 1.72 bits per heavy atom. The van der Waals surface area contributed by atoms with Crippen LogP contribution in [0.25, 0.3) is 0 Å². The average molecular weight is 632 g/mol. The molecule has 2 aromatic heterocycles. The van der Waals surface area contributed by atoms with Crippen molar-refractivity contribution in [3.63, 3.8) is 0 Å². The molecule has 4 heterocycles. The Labute approximate surface area is 276 Å². The molecule has 1 N–H and O–H groups in total. The maximum Gasteiger partial charge on any atom is 0.315 e. The summed E-state index contributed by atoms with van der Waals surface area (Å²) in [5, 5.41) is 0. The number of aromatic nitrogens is 4. The van der Waals surface area contributed by atoms with Crippen LogP contribution in [0.2, 0.25) is 0 Å². The Morgan fingerprint density at radius 3 is 2.39 bits per heavy atom. The zero-order chi connectivity index (χ0) is 32.6. The third kappa shape index (κ3) is 8.47. The predicted octanol–water partition coefficient (Wildman–Crippen LogP) is 6.02. The van der Waals surface area contributed by atoms with Gasteiger partial charge in [-0.1, -0.05) is 38.1 Å². The van der Waals surface area contributed by atoms with Crippen molar-refractivity contribution < 1.29 is 9.53 Å². The van der Waals surface area contributed by atoms with Crippen molar-refractivity contribution in [3.8, 4) is 0 Å². The maximum absolute atomic E-state index is 12.5. The van der Waals surface area contributed by atoms with Crippen LogP contribution in [0.15, 0.2) is 49.1 Å². The number of aromatic amines is 1. The first-order chi connectivity index (χ1) is 22.2. The molecule has 2 aliphatic rings. The number of rotatable bonds is 16. The highest BCUT2D eigenvalue weighted by Gasteiger charge is 2.41. The highest BCUT2D eigenvalue weighted by molar-refractivity contribution is 5.82. The number of carbonyl (C=O) groups is 1. The Morgan fingerprint density at radius 1 is 0.978 bits per heavy atom. The summed E-state index contributed by atoms with van der Waals surface area (Å²) < 4.78 is 7.65. The lowest BCUT2D eigenvalue weighted by atomic mass is 9.77. The molecule has 1 spiro atoms. The number of nitrogens with zero attached hydrogens (tertiary/aromatic N) is 6. The molecule has 2 aliphatic heterocycles. The second-order valence-electron chi connectivity index (χ2n) is 14.1. The van der Waals surface area contributed by atoms with Gasteiger partial charge in [0.2, 0.25) is 0 Å². The molecule has 0 radical (unpaired) electrons. The Hall–Kier alpha value is -3.01. The minimum Gasteiger partial charge on any atom is -0.465 e. The number of H-pyrrole nitrogens is 1. The van der Waals surface area contributed by atoms with Gasteiger partial charge in [0, 0.05) is 50.5 Å². The Bertz CT molecular complexity index is 1340. The van der Waals surface area contributed by atoms with Crippen LogP contribution in [0.3, 0.4) is 0 Å². The van der Waals surface area contributed by atoms with E-state index in [1.807, 2.05) is 33.2 Å². The summed E-state index contributed by atoms with van der Waals surface area (Å²) in [6, 6.07) is 9.12. The fourth-order valence-corrected chi connectivity index (χ4v) is 7.63. The van der Waals surface area contributed by atoms with E-state index in [9.17, 15) is 4.79 Å². The van der Waals surface area contributed by atoms with Crippen LogP contribution in [-0.2, 0) is 41.1 Å². The van der Waals surface area contributed by atoms with Crippen LogP contribution in [0, 0.1) is 5.41 Å². The number of nitrogens with one attached hydrogen (secondary N) is 1. The number of esters is 1. The van der Waals surface area contributed by atoms with Crippen LogP contribution in [0.1, 0.15) is 95.9 Å². The summed E-state index contributed by atoms with van der Waals surface area (Å²) in [5.74, 6) is 1.82. The Kier molecular flexibility index (Phi) is 11.7. The summed E-state index contributed by atoms with van der Waals surface area (Å²) in [6.07, 6.45) is 15.5. The fourth-order valence-electron chi connectivity index (χ4n) is 7.63. The van der Waals surface area contributed by atoms with E-state index in [4.69, 9.17) is 9.72 Å². The van der Waals surface area contributed by atoms with E-state index in [1.54, 1.807) is 6.20 Å². The number of benzene rings is 1. The quantitative estimate of drug-likeness (QED) is 0.194. The van der Waals surface area contributed by atoms with Gasteiger partial charge in [-0.2, -0.15) is 0 Å². The molecule has 46 heavy (non-hydrogen) atoms. The van der Waals surface area contributed by atoms with Crippen molar-refractivity contribution in [2.45, 2.75) is 111 Å². The predicted molar refractivity (Wildman–Crippen MR) is 183 cm³/mol. The molecule has 3 aromatic rings. The molecule has 2 fully saturated rings. The summed E-state index contributed by atoms with van der Waals surface area (Å²) in [5.41, 5.74) is 2.00. The van der Waals surface area contributed by atoms with Crippen LogP contribution in [0.4, 0.5) is 0 Å². The van der Waals surface area contributed by atoms with Crippen LogP contribution in [0.5, 0.6) is 0 Å². The number of hydrogen-bond acceptors (Lipinski definition) is 7. The van der Waals surface area contributed by atoms with Crippen molar-refractivity contribution >= 4 is 5.97 Å². The number of imidazole rings is 2. The summed E-state index contributed by atoms with van der Waals surface area (Å²) >= 11 is 0. The van der Waals surface area contributed by atoms with E-state index in [0.29, 0.717) is 18.6 Å². The maximum atomic E-state index is 12.5. The summed E-state index contributed by atoms with van der Waals surface area (Å²) in [6.45, 7) is 20.1. The molecule has 9 nitrogen and oxygen atoms in total. The largest absolute Gasteiger partial charge is 0.465 e. The van der Waals surface area contributed by atoms with E-state index in [-0.39, 0.29) is 5.97 Å². The molecular weight excluding hydrogens is 574 g/mol. The first-order valence-corrected chi connectivity index (χ1v) is 17.7. The van der Waals surface area contributed by atoms with Crippen molar-refractivity contribution in [1.29, 1.82) is 0 Å². The third-order valence-electron chi connectivity index (χ3n) is 10.7. The second-order valence-corrected chi connectivity index (χ2v) is 14.1. The van der Waals surface area contributed by atoms with Gasteiger partial charge in [0.25, 0.3) is 0 Å². The lowest BCUT2D eigenvalue weighted by Gasteiger charge is -2.42. The van der Waals surface area contributed by atoms with E-state index in [0.717, 1.165) is 55.9 Å². The van der Waals surface area contributed by atoms with Crippen molar-refractivity contribution in [1.82, 2.24) is 34.2 Å². The summed E-state index contributed by atoms with van der Waals surface area (Å²) in [7, 11) is 0. The number of ether oxygens (including phenoxy) is 1. The van der Waals surface area contributed by atoms with Gasteiger partial charge in [-0.05, 0) is 102 Å².